The Bertz CT molecular complexity index is 1220. The van der Waals surface area contributed by atoms with Crippen LogP contribution in [0.15, 0.2) is 33.9 Å². The average Bonchev–Trinajstić information content (AvgIpc) is 3.53. The molecule has 2 fully saturated rings. The number of fused-ring (bicyclic) bond motifs is 1. The van der Waals surface area contributed by atoms with Crippen LogP contribution in [0, 0.1) is 13.8 Å². The summed E-state index contributed by atoms with van der Waals surface area (Å²) >= 11 is 2.92. The lowest BCUT2D eigenvalue weighted by molar-refractivity contribution is -0.136. The minimum absolute atomic E-state index is 0.0644. The molecular formula is C23H28N4O3S3. The molecule has 3 aromatic rings. The number of thiazole rings is 1. The van der Waals surface area contributed by atoms with Crippen molar-refractivity contribution in [3.8, 4) is 0 Å². The van der Waals surface area contributed by atoms with Crippen LogP contribution in [0.1, 0.15) is 30.4 Å². The van der Waals surface area contributed by atoms with Gasteiger partial charge < -0.3 is 9.80 Å². The van der Waals surface area contributed by atoms with Crippen molar-refractivity contribution in [2.75, 3.05) is 37.6 Å². The molecule has 2 aliphatic rings. The van der Waals surface area contributed by atoms with Crippen molar-refractivity contribution in [1.82, 2.24) is 14.2 Å². The van der Waals surface area contributed by atoms with Gasteiger partial charge in [0.05, 0.1) is 10.2 Å². The molecule has 0 N–H and O–H groups in total. The van der Waals surface area contributed by atoms with Gasteiger partial charge in [-0.2, -0.15) is 4.31 Å². The molecule has 0 aliphatic carbocycles. The van der Waals surface area contributed by atoms with E-state index in [2.05, 4.69) is 30.9 Å². The first-order valence-electron chi connectivity index (χ1n) is 11.3. The number of piperazine rings is 1. The Morgan fingerprint density at radius 2 is 1.79 bits per heavy atom. The maximum atomic E-state index is 13.4. The van der Waals surface area contributed by atoms with Gasteiger partial charge in [0.1, 0.15) is 10.3 Å². The third-order valence-electron chi connectivity index (χ3n) is 6.59. The van der Waals surface area contributed by atoms with E-state index in [4.69, 9.17) is 4.98 Å². The van der Waals surface area contributed by atoms with Gasteiger partial charge in [0.15, 0.2) is 5.13 Å². The zero-order valence-corrected chi connectivity index (χ0v) is 21.3. The summed E-state index contributed by atoms with van der Waals surface area (Å²) in [6.07, 6.45) is 2.25. The number of piperidine rings is 1. The minimum atomic E-state index is -3.64. The number of rotatable bonds is 4. The zero-order valence-electron chi connectivity index (χ0n) is 18.9. The van der Waals surface area contributed by atoms with Crippen molar-refractivity contribution < 1.29 is 13.2 Å². The van der Waals surface area contributed by atoms with Gasteiger partial charge in [-0.1, -0.05) is 36.0 Å². The van der Waals surface area contributed by atoms with E-state index in [0.29, 0.717) is 43.4 Å². The van der Waals surface area contributed by atoms with Gasteiger partial charge in [-0.15, -0.1) is 11.3 Å². The molecule has 0 radical (unpaired) electrons. The third-order valence-corrected chi connectivity index (χ3v) is 11.1. The van der Waals surface area contributed by atoms with E-state index >= 15 is 0 Å². The third kappa shape index (κ3) is 4.18. The van der Waals surface area contributed by atoms with Gasteiger partial charge in [0.2, 0.25) is 5.91 Å². The molecule has 2 aliphatic heterocycles. The van der Waals surface area contributed by atoms with Gasteiger partial charge in [0, 0.05) is 32.7 Å². The number of carbonyl (C=O) groups is 1. The van der Waals surface area contributed by atoms with Crippen LogP contribution in [0.2, 0.25) is 0 Å². The van der Waals surface area contributed by atoms with Crippen molar-refractivity contribution >= 4 is 54.0 Å². The van der Waals surface area contributed by atoms with Crippen LogP contribution in [0.5, 0.6) is 0 Å². The van der Waals surface area contributed by atoms with Crippen molar-refractivity contribution in [3.05, 3.63) is 40.8 Å². The van der Waals surface area contributed by atoms with E-state index in [1.807, 2.05) is 4.90 Å². The Morgan fingerprint density at radius 1 is 1.03 bits per heavy atom. The summed E-state index contributed by atoms with van der Waals surface area (Å²) in [7, 11) is -3.64. The predicted octanol–water partition coefficient (Wildman–Crippen LogP) is 3.87. The quantitative estimate of drug-likeness (QED) is 0.539. The number of aromatic nitrogens is 1. The van der Waals surface area contributed by atoms with E-state index in [1.54, 1.807) is 28.8 Å². The standard InChI is InChI=1S/C23H28N4O3S3/c1-16-8-9-17(2)21-20(16)24-23(32-21)26-13-11-25(12-14-26)22(28)18-6-3-4-10-27(18)33(29,30)19-7-5-15-31-19/h5,7-9,15,18H,3-4,6,10-14H2,1-2H3. The van der Waals surface area contributed by atoms with Crippen molar-refractivity contribution in [2.24, 2.45) is 0 Å². The highest BCUT2D eigenvalue weighted by Crippen LogP contribution is 2.34. The van der Waals surface area contributed by atoms with Crippen molar-refractivity contribution in [3.63, 3.8) is 0 Å². The van der Waals surface area contributed by atoms with Crippen LogP contribution in [-0.4, -0.2) is 67.3 Å². The fourth-order valence-electron chi connectivity index (χ4n) is 4.68. The molecular weight excluding hydrogens is 476 g/mol. The average molecular weight is 505 g/mol. The number of hydrogen-bond acceptors (Lipinski definition) is 7. The van der Waals surface area contributed by atoms with Crippen LogP contribution in [0.3, 0.4) is 0 Å². The second-order valence-electron chi connectivity index (χ2n) is 8.75. The Hall–Kier alpha value is -2.01. The van der Waals surface area contributed by atoms with E-state index in [-0.39, 0.29) is 5.91 Å². The zero-order chi connectivity index (χ0) is 23.2. The predicted molar refractivity (Wildman–Crippen MR) is 134 cm³/mol. The normalized spacial score (nSPS) is 20.5. The molecule has 1 amide bonds. The molecule has 1 aromatic carbocycles. The minimum Gasteiger partial charge on any atom is -0.345 e. The lowest BCUT2D eigenvalue weighted by Crippen LogP contribution is -2.57. The molecule has 0 saturated carbocycles. The highest BCUT2D eigenvalue weighted by atomic mass is 32.2. The number of thiophene rings is 1. The monoisotopic (exact) mass is 504 g/mol. The second kappa shape index (κ2) is 8.98. The van der Waals surface area contributed by atoms with Crippen LogP contribution >= 0.6 is 22.7 Å². The molecule has 5 rings (SSSR count). The summed E-state index contributed by atoms with van der Waals surface area (Å²) in [5.74, 6) is -0.0644. The number of hydrogen-bond donors (Lipinski definition) is 0. The molecule has 2 aromatic heterocycles. The molecule has 0 spiro atoms. The van der Waals surface area contributed by atoms with E-state index in [9.17, 15) is 13.2 Å². The molecule has 7 nitrogen and oxygen atoms in total. The number of nitrogens with zero attached hydrogens (tertiary/aromatic N) is 4. The molecule has 33 heavy (non-hydrogen) atoms. The van der Waals surface area contributed by atoms with Crippen LogP contribution in [0.4, 0.5) is 5.13 Å². The van der Waals surface area contributed by atoms with Crippen molar-refractivity contribution in [2.45, 2.75) is 43.4 Å². The number of aryl methyl sites for hydroxylation is 2. The molecule has 1 atom stereocenters. The Labute approximate surface area is 202 Å². The van der Waals surface area contributed by atoms with E-state index in [0.717, 1.165) is 23.5 Å². The number of carbonyl (C=O) groups excluding carboxylic acids is 1. The van der Waals surface area contributed by atoms with Gasteiger partial charge in [0.25, 0.3) is 10.0 Å². The first-order chi connectivity index (χ1) is 15.9. The SMILES string of the molecule is Cc1ccc(C)c2sc(N3CCN(C(=O)C4CCCCN4S(=O)(=O)c4cccs4)CC3)nc12. The largest absolute Gasteiger partial charge is 0.345 e. The molecule has 1 unspecified atom stereocenters. The summed E-state index contributed by atoms with van der Waals surface area (Å²) in [6, 6.07) is 7.00. The molecule has 4 heterocycles. The Kier molecular flexibility index (Phi) is 6.19. The van der Waals surface area contributed by atoms with E-state index < -0.39 is 16.1 Å². The maximum absolute atomic E-state index is 13.4. The first-order valence-corrected chi connectivity index (χ1v) is 14.5. The summed E-state index contributed by atoms with van der Waals surface area (Å²) in [5.41, 5.74) is 3.47. The number of benzene rings is 1. The summed E-state index contributed by atoms with van der Waals surface area (Å²) < 4.78 is 29.3. The number of amides is 1. The smallest absolute Gasteiger partial charge is 0.253 e. The van der Waals surface area contributed by atoms with Gasteiger partial charge >= 0.3 is 0 Å². The summed E-state index contributed by atoms with van der Waals surface area (Å²) in [4.78, 5) is 22.4. The molecule has 0 bridgehead atoms. The van der Waals surface area contributed by atoms with E-state index in [1.165, 1.54) is 31.5 Å². The molecule has 10 heteroatoms. The number of sulfonamides is 1. The van der Waals surface area contributed by atoms with Crippen LogP contribution < -0.4 is 4.90 Å². The second-order valence-corrected chi connectivity index (χ2v) is 12.8. The van der Waals surface area contributed by atoms with Crippen molar-refractivity contribution in [1.29, 1.82) is 0 Å². The summed E-state index contributed by atoms with van der Waals surface area (Å²) in [6.45, 7) is 7.16. The van der Waals surface area contributed by atoms with Gasteiger partial charge in [-0.05, 0) is 49.3 Å². The van der Waals surface area contributed by atoms with Gasteiger partial charge in [-0.25, -0.2) is 13.4 Å². The lowest BCUT2D eigenvalue weighted by Gasteiger charge is -2.40. The number of anilines is 1. The highest BCUT2D eigenvalue weighted by molar-refractivity contribution is 7.91. The maximum Gasteiger partial charge on any atom is 0.253 e. The van der Waals surface area contributed by atoms with Gasteiger partial charge in [-0.3, -0.25) is 4.79 Å². The van der Waals surface area contributed by atoms with Crippen LogP contribution in [-0.2, 0) is 14.8 Å². The highest BCUT2D eigenvalue weighted by Gasteiger charge is 2.40. The Balaban J connectivity index is 1.30. The topological polar surface area (TPSA) is 73.8 Å². The Morgan fingerprint density at radius 3 is 2.48 bits per heavy atom. The molecule has 176 valence electrons. The fraction of sp³-hybridized carbons (Fsp3) is 0.478. The summed E-state index contributed by atoms with van der Waals surface area (Å²) in [5, 5.41) is 2.76. The first kappa shape index (κ1) is 22.8. The molecule has 2 saturated heterocycles. The van der Waals surface area contributed by atoms with Crippen LogP contribution in [0.25, 0.3) is 10.2 Å². The fourth-order valence-corrected chi connectivity index (χ4v) is 8.61. The lowest BCUT2D eigenvalue weighted by atomic mass is 10.0.